The second kappa shape index (κ2) is 5.81. The third-order valence-corrected chi connectivity index (χ3v) is 5.10. The van der Waals surface area contributed by atoms with Crippen molar-refractivity contribution < 1.29 is 13.2 Å². The molecule has 116 valence electrons. The van der Waals surface area contributed by atoms with Gasteiger partial charge in [-0.3, -0.25) is 9.78 Å². The highest BCUT2D eigenvalue weighted by Crippen LogP contribution is 2.26. The Morgan fingerprint density at radius 2 is 1.74 bits per heavy atom. The summed E-state index contributed by atoms with van der Waals surface area (Å²) in [6.45, 7) is 1.41. The van der Waals surface area contributed by atoms with Gasteiger partial charge in [0, 0.05) is 18.5 Å². The molecule has 0 spiro atoms. The second-order valence-corrected chi connectivity index (χ2v) is 7.00. The number of carbonyl (C=O) groups excluding carboxylic acids is 1. The average molecular weight is 326 g/mol. The fourth-order valence-electron chi connectivity index (χ4n) is 2.31. The van der Waals surface area contributed by atoms with Gasteiger partial charge in [-0.2, -0.15) is 0 Å². The number of hydrogen-bond donors (Lipinski definition) is 1. The van der Waals surface area contributed by atoms with Crippen molar-refractivity contribution in [3.05, 3.63) is 60.8 Å². The third-order valence-electron chi connectivity index (χ3n) is 3.36. The summed E-state index contributed by atoms with van der Waals surface area (Å²) >= 11 is 0. The van der Waals surface area contributed by atoms with Crippen LogP contribution in [-0.2, 0) is 14.6 Å². The van der Waals surface area contributed by atoms with Crippen molar-refractivity contribution in [2.75, 3.05) is 5.32 Å². The Kier molecular flexibility index (Phi) is 3.83. The van der Waals surface area contributed by atoms with Gasteiger partial charge < -0.3 is 5.32 Å². The van der Waals surface area contributed by atoms with Crippen LogP contribution in [0.2, 0.25) is 0 Å². The van der Waals surface area contributed by atoms with Crippen molar-refractivity contribution in [2.45, 2.75) is 16.7 Å². The molecule has 1 N–H and O–H groups in total. The van der Waals surface area contributed by atoms with Gasteiger partial charge in [-0.1, -0.05) is 30.3 Å². The normalized spacial score (nSPS) is 11.3. The van der Waals surface area contributed by atoms with Gasteiger partial charge in [-0.15, -0.1) is 0 Å². The summed E-state index contributed by atoms with van der Waals surface area (Å²) in [6, 6.07) is 15.0. The van der Waals surface area contributed by atoms with Crippen molar-refractivity contribution in [3.8, 4) is 0 Å². The van der Waals surface area contributed by atoms with Crippen LogP contribution in [0.25, 0.3) is 10.9 Å². The lowest BCUT2D eigenvalue weighted by Gasteiger charge is -2.08. The minimum Gasteiger partial charge on any atom is -0.324 e. The van der Waals surface area contributed by atoms with Crippen LogP contribution in [0.1, 0.15) is 6.92 Å². The van der Waals surface area contributed by atoms with Crippen LogP contribution in [0.4, 0.5) is 5.69 Å². The van der Waals surface area contributed by atoms with E-state index in [-0.39, 0.29) is 15.7 Å². The fourth-order valence-corrected chi connectivity index (χ4v) is 3.58. The predicted octanol–water partition coefficient (Wildman–Crippen LogP) is 3.03. The molecule has 3 aromatic rings. The maximum absolute atomic E-state index is 12.6. The molecule has 0 saturated heterocycles. The number of nitrogens with zero attached hydrogens (tertiary/aromatic N) is 1. The summed E-state index contributed by atoms with van der Waals surface area (Å²) < 4.78 is 25.3. The van der Waals surface area contributed by atoms with Gasteiger partial charge in [-0.25, -0.2) is 8.42 Å². The zero-order chi connectivity index (χ0) is 16.4. The molecular weight excluding hydrogens is 312 g/mol. The maximum Gasteiger partial charge on any atom is 0.221 e. The zero-order valence-electron chi connectivity index (χ0n) is 12.4. The molecule has 3 rings (SSSR count). The lowest BCUT2D eigenvalue weighted by Crippen LogP contribution is -2.07. The van der Waals surface area contributed by atoms with Crippen LogP contribution in [0.5, 0.6) is 0 Å². The standard InChI is InChI=1S/C17H14N2O3S/c1-12(20)19-16-9-5-6-13-10-15(11-18-17(13)16)23(21,22)14-7-3-2-4-8-14/h2-11H,1H3,(H,19,20). The average Bonchev–Trinajstić information content (AvgIpc) is 2.55. The lowest BCUT2D eigenvalue weighted by molar-refractivity contribution is -0.114. The summed E-state index contributed by atoms with van der Waals surface area (Å²) in [5, 5.41) is 3.33. The van der Waals surface area contributed by atoms with Crippen molar-refractivity contribution in [1.29, 1.82) is 0 Å². The van der Waals surface area contributed by atoms with Crippen molar-refractivity contribution in [3.63, 3.8) is 0 Å². The molecule has 0 saturated carbocycles. The Bertz CT molecular complexity index is 983. The SMILES string of the molecule is CC(=O)Nc1cccc2cc(S(=O)(=O)c3ccccc3)cnc12. The van der Waals surface area contributed by atoms with Crippen molar-refractivity contribution >= 4 is 32.3 Å². The smallest absolute Gasteiger partial charge is 0.221 e. The molecule has 1 aromatic heterocycles. The lowest BCUT2D eigenvalue weighted by atomic mass is 10.2. The van der Waals surface area contributed by atoms with Gasteiger partial charge in [0.15, 0.2) is 0 Å². The Balaban J connectivity index is 2.13. The number of pyridine rings is 1. The van der Waals surface area contributed by atoms with E-state index in [0.29, 0.717) is 16.6 Å². The number of hydrogen-bond acceptors (Lipinski definition) is 4. The maximum atomic E-state index is 12.6. The summed E-state index contributed by atoms with van der Waals surface area (Å²) in [4.78, 5) is 15.8. The first-order chi connectivity index (χ1) is 11.0. The van der Waals surface area contributed by atoms with Gasteiger partial charge in [0.05, 0.1) is 21.0 Å². The molecule has 2 aromatic carbocycles. The number of carbonyl (C=O) groups is 1. The van der Waals surface area contributed by atoms with E-state index in [9.17, 15) is 13.2 Å². The molecule has 0 atom stereocenters. The Hall–Kier alpha value is -2.73. The van der Waals surface area contributed by atoms with E-state index >= 15 is 0 Å². The first-order valence-corrected chi connectivity index (χ1v) is 8.43. The van der Waals surface area contributed by atoms with Crippen LogP contribution in [0.15, 0.2) is 70.6 Å². The molecule has 1 amide bonds. The van der Waals surface area contributed by atoms with Crippen LogP contribution >= 0.6 is 0 Å². The molecule has 0 aliphatic heterocycles. The fraction of sp³-hybridized carbons (Fsp3) is 0.0588. The number of anilines is 1. The highest BCUT2D eigenvalue weighted by Gasteiger charge is 2.18. The Labute approximate surface area is 133 Å². The van der Waals surface area contributed by atoms with Crippen LogP contribution in [0, 0.1) is 0 Å². The predicted molar refractivity (Wildman–Crippen MR) is 87.9 cm³/mol. The van der Waals surface area contributed by atoms with E-state index < -0.39 is 9.84 Å². The topological polar surface area (TPSA) is 76.1 Å². The molecule has 0 aliphatic rings. The van der Waals surface area contributed by atoms with Gasteiger partial charge >= 0.3 is 0 Å². The molecule has 0 aliphatic carbocycles. The largest absolute Gasteiger partial charge is 0.324 e. The van der Waals surface area contributed by atoms with Gasteiger partial charge in [0.1, 0.15) is 0 Å². The van der Waals surface area contributed by atoms with E-state index in [1.54, 1.807) is 54.6 Å². The summed E-state index contributed by atoms with van der Waals surface area (Å²) in [5.74, 6) is -0.208. The molecule has 0 fully saturated rings. The number of rotatable bonds is 3. The molecule has 1 heterocycles. The van der Waals surface area contributed by atoms with Gasteiger partial charge in [-0.05, 0) is 24.3 Å². The van der Waals surface area contributed by atoms with Crippen LogP contribution in [-0.4, -0.2) is 19.3 Å². The molecule has 5 nitrogen and oxygen atoms in total. The molecular formula is C17H14N2O3S. The zero-order valence-corrected chi connectivity index (χ0v) is 13.2. The highest BCUT2D eigenvalue weighted by molar-refractivity contribution is 7.91. The number of sulfone groups is 1. The summed E-state index contributed by atoms with van der Waals surface area (Å²) in [5.41, 5.74) is 1.10. The van der Waals surface area contributed by atoms with E-state index in [1.807, 2.05) is 0 Å². The number of fused-ring (bicyclic) bond motifs is 1. The first-order valence-electron chi connectivity index (χ1n) is 6.95. The quantitative estimate of drug-likeness (QED) is 0.802. The van der Waals surface area contributed by atoms with E-state index in [0.717, 1.165) is 0 Å². The minimum atomic E-state index is -3.62. The van der Waals surface area contributed by atoms with E-state index in [1.165, 1.54) is 13.1 Å². The molecule has 6 heteroatoms. The number of amides is 1. The number of aromatic nitrogens is 1. The summed E-state index contributed by atoms with van der Waals surface area (Å²) in [7, 11) is -3.62. The van der Waals surface area contributed by atoms with Crippen LogP contribution < -0.4 is 5.32 Å². The summed E-state index contributed by atoms with van der Waals surface area (Å²) in [6.07, 6.45) is 1.32. The van der Waals surface area contributed by atoms with E-state index in [4.69, 9.17) is 0 Å². The molecule has 23 heavy (non-hydrogen) atoms. The van der Waals surface area contributed by atoms with Crippen LogP contribution in [0.3, 0.4) is 0 Å². The second-order valence-electron chi connectivity index (χ2n) is 5.05. The van der Waals surface area contributed by atoms with E-state index in [2.05, 4.69) is 10.3 Å². The highest BCUT2D eigenvalue weighted by atomic mass is 32.2. The number of benzene rings is 2. The minimum absolute atomic E-state index is 0.121. The number of para-hydroxylation sites is 1. The first kappa shape index (κ1) is 15.2. The van der Waals surface area contributed by atoms with Gasteiger partial charge in [0.25, 0.3) is 0 Å². The third kappa shape index (κ3) is 2.93. The van der Waals surface area contributed by atoms with Crippen molar-refractivity contribution in [2.24, 2.45) is 0 Å². The Morgan fingerprint density at radius 1 is 1.00 bits per heavy atom. The molecule has 0 radical (unpaired) electrons. The molecule has 0 bridgehead atoms. The Morgan fingerprint density at radius 3 is 2.43 bits per heavy atom. The number of nitrogens with one attached hydrogen (secondary N) is 1. The monoisotopic (exact) mass is 326 g/mol. The molecule has 0 unspecified atom stereocenters. The van der Waals surface area contributed by atoms with Gasteiger partial charge in [0.2, 0.25) is 15.7 Å². The van der Waals surface area contributed by atoms with Crippen molar-refractivity contribution in [1.82, 2.24) is 4.98 Å².